The smallest absolute Gasteiger partial charge is 0.322 e. The predicted octanol–water partition coefficient (Wildman–Crippen LogP) is 2.41. The van der Waals surface area contributed by atoms with Gasteiger partial charge < -0.3 is 20.3 Å². The molecule has 7 nitrogen and oxygen atoms in total. The van der Waals surface area contributed by atoms with Crippen LogP contribution in [0.3, 0.4) is 0 Å². The van der Waals surface area contributed by atoms with E-state index in [0.717, 1.165) is 12.8 Å². The van der Waals surface area contributed by atoms with Gasteiger partial charge in [-0.25, -0.2) is 4.79 Å². The highest BCUT2D eigenvalue weighted by Gasteiger charge is 2.35. The number of esters is 1. The Morgan fingerprint density at radius 2 is 2.24 bits per heavy atom. The van der Waals surface area contributed by atoms with Crippen molar-refractivity contribution < 1.29 is 19.1 Å². The number of unbranched alkanes of at least 4 members (excludes halogenated alkanes) is 1. The average Bonchev–Trinajstić information content (AvgIpc) is 2.57. The molecule has 2 N–H and O–H groups in total. The molecule has 136 valence electrons. The van der Waals surface area contributed by atoms with E-state index in [0.29, 0.717) is 30.4 Å². The Balaban J connectivity index is 2.01. The fraction of sp³-hybridized carbons (Fsp3) is 0.471. The van der Waals surface area contributed by atoms with Gasteiger partial charge in [0.25, 0.3) is 0 Å². The van der Waals surface area contributed by atoms with Gasteiger partial charge in [0.2, 0.25) is 5.91 Å². The maximum atomic E-state index is 12.5. The molecule has 0 saturated carbocycles. The lowest BCUT2D eigenvalue weighted by atomic mass is 10.1. The molecule has 0 aromatic heterocycles. The summed E-state index contributed by atoms with van der Waals surface area (Å²) in [4.78, 5) is 37.9. The maximum Gasteiger partial charge on any atom is 0.322 e. The molecule has 3 amide bonds. The first-order chi connectivity index (χ1) is 12.0. The fourth-order valence-corrected chi connectivity index (χ4v) is 2.66. The summed E-state index contributed by atoms with van der Waals surface area (Å²) in [5.74, 6) is -0.851. The molecule has 0 spiro atoms. The lowest BCUT2D eigenvalue weighted by Crippen LogP contribution is -2.58. The Morgan fingerprint density at radius 1 is 1.44 bits per heavy atom. The Bertz CT molecular complexity index is 638. The van der Waals surface area contributed by atoms with Crippen LogP contribution in [-0.2, 0) is 14.3 Å². The van der Waals surface area contributed by atoms with Crippen LogP contribution in [-0.4, -0.2) is 48.5 Å². The molecule has 2 rings (SSSR count). The Morgan fingerprint density at radius 3 is 2.96 bits per heavy atom. The van der Waals surface area contributed by atoms with Crippen molar-refractivity contribution in [3.05, 3.63) is 29.3 Å². The monoisotopic (exact) mass is 367 g/mol. The Kier molecular flexibility index (Phi) is 7.06. The molecule has 1 aromatic rings. The molecular weight excluding hydrogens is 346 g/mol. The van der Waals surface area contributed by atoms with Crippen molar-refractivity contribution in [2.24, 2.45) is 0 Å². The third-order valence-electron chi connectivity index (χ3n) is 3.79. The van der Waals surface area contributed by atoms with Crippen LogP contribution in [0.4, 0.5) is 10.5 Å². The molecule has 1 fully saturated rings. The van der Waals surface area contributed by atoms with Gasteiger partial charge >= 0.3 is 12.0 Å². The lowest BCUT2D eigenvalue weighted by molar-refractivity contribution is -0.147. The Labute approximate surface area is 151 Å². The number of halogens is 1. The normalized spacial score (nSPS) is 17.0. The number of benzene rings is 1. The van der Waals surface area contributed by atoms with Crippen molar-refractivity contribution in [2.75, 3.05) is 25.0 Å². The lowest BCUT2D eigenvalue weighted by Gasteiger charge is -2.34. The number of hydrogen-bond acceptors (Lipinski definition) is 4. The van der Waals surface area contributed by atoms with Crippen molar-refractivity contribution in [2.45, 2.75) is 32.2 Å². The fourth-order valence-electron chi connectivity index (χ4n) is 2.47. The van der Waals surface area contributed by atoms with Crippen molar-refractivity contribution in [3.63, 3.8) is 0 Å². The summed E-state index contributed by atoms with van der Waals surface area (Å²) in [6, 6.07) is 5.37. The van der Waals surface area contributed by atoms with Crippen LogP contribution in [0.5, 0.6) is 0 Å². The molecule has 1 aromatic carbocycles. The zero-order chi connectivity index (χ0) is 18.2. The van der Waals surface area contributed by atoms with Crippen LogP contribution >= 0.6 is 11.6 Å². The van der Waals surface area contributed by atoms with E-state index < -0.39 is 18.0 Å². The first-order valence-corrected chi connectivity index (χ1v) is 8.65. The number of carbonyl (C=O) groups is 3. The molecule has 0 aliphatic carbocycles. The zero-order valence-electron chi connectivity index (χ0n) is 14.1. The van der Waals surface area contributed by atoms with Crippen LogP contribution in [0.15, 0.2) is 24.3 Å². The topological polar surface area (TPSA) is 87.7 Å². The number of urea groups is 1. The summed E-state index contributed by atoms with van der Waals surface area (Å²) in [7, 11) is 0. The highest BCUT2D eigenvalue weighted by atomic mass is 35.5. The zero-order valence-corrected chi connectivity index (χ0v) is 14.8. The second-order valence-electron chi connectivity index (χ2n) is 5.72. The van der Waals surface area contributed by atoms with Crippen LogP contribution in [0.1, 0.15) is 26.2 Å². The highest BCUT2D eigenvalue weighted by Crippen LogP contribution is 2.17. The Hall–Kier alpha value is -2.28. The van der Waals surface area contributed by atoms with Crippen LogP contribution in [0, 0.1) is 0 Å². The minimum absolute atomic E-state index is 0.168. The second-order valence-corrected chi connectivity index (χ2v) is 6.16. The molecule has 1 aliphatic rings. The van der Waals surface area contributed by atoms with E-state index >= 15 is 0 Å². The number of amides is 3. The first-order valence-electron chi connectivity index (χ1n) is 8.27. The summed E-state index contributed by atoms with van der Waals surface area (Å²) in [6.45, 7) is 2.96. The number of anilines is 1. The van der Waals surface area contributed by atoms with E-state index in [1.807, 2.05) is 6.92 Å². The minimum atomic E-state index is -0.887. The summed E-state index contributed by atoms with van der Waals surface area (Å²) >= 11 is 5.90. The van der Waals surface area contributed by atoms with Crippen LogP contribution in [0.25, 0.3) is 0 Å². The number of rotatable bonds is 6. The maximum absolute atomic E-state index is 12.5. The summed E-state index contributed by atoms with van der Waals surface area (Å²) in [5, 5.41) is 5.86. The first kappa shape index (κ1) is 19.1. The molecular formula is C17H22ClN3O4. The van der Waals surface area contributed by atoms with Crippen molar-refractivity contribution in [3.8, 4) is 0 Å². The van der Waals surface area contributed by atoms with E-state index in [9.17, 15) is 14.4 Å². The number of ether oxygens (including phenoxy) is 1. The SMILES string of the molecule is CCCCOC(=O)C[C@@H]1C(=O)NCCN1C(=O)Nc1cccc(Cl)c1. The standard InChI is InChI=1S/C17H22ClN3O4/c1-2-3-9-25-15(22)11-14-16(23)19-7-8-21(14)17(24)20-13-6-4-5-12(18)10-13/h4-6,10,14H,2-3,7-9,11H2,1H3,(H,19,23)(H,20,24)/t14-/m1/s1. The molecule has 0 bridgehead atoms. The van der Waals surface area contributed by atoms with Gasteiger partial charge in [0.15, 0.2) is 0 Å². The quantitative estimate of drug-likeness (QED) is 0.597. The van der Waals surface area contributed by atoms with Crippen molar-refractivity contribution >= 4 is 35.2 Å². The van der Waals surface area contributed by atoms with E-state index in [1.165, 1.54) is 4.90 Å². The molecule has 1 heterocycles. The summed E-state index contributed by atoms with van der Waals surface area (Å²) < 4.78 is 5.10. The third kappa shape index (κ3) is 5.63. The molecule has 25 heavy (non-hydrogen) atoms. The second kappa shape index (κ2) is 9.27. The molecule has 1 aliphatic heterocycles. The summed E-state index contributed by atoms with van der Waals surface area (Å²) in [5.41, 5.74) is 0.521. The molecule has 8 heteroatoms. The van der Waals surface area contributed by atoms with Gasteiger partial charge in [0.05, 0.1) is 13.0 Å². The highest BCUT2D eigenvalue weighted by molar-refractivity contribution is 6.30. The van der Waals surface area contributed by atoms with Crippen LogP contribution in [0.2, 0.25) is 5.02 Å². The van der Waals surface area contributed by atoms with Gasteiger partial charge in [-0.15, -0.1) is 0 Å². The van der Waals surface area contributed by atoms with E-state index in [1.54, 1.807) is 24.3 Å². The average molecular weight is 368 g/mol. The van der Waals surface area contributed by atoms with Gasteiger partial charge in [-0.2, -0.15) is 0 Å². The van der Waals surface area contributed by atoms with E-state index in [-0.39, 0.29) is 12.3 Å². The number of hydrogen-bond donors (Lipinski definition) is 2. The van der Waals surface area contributed by atoms with Gasteiger partial charge in [-0.3, -0.25) is 9.59 Å². The molecule has 0 radical (unpaired) electrons. The van der Waals surface area contributed by atoms with Gasteiger partial charge in [-0.1, -0.05) is 31.0 Å². The number of nitrogens with one attached hydrogen (secondary N) is 2. The third-order valence-corrected chi connectivity index (χ3v) is 4.02. The van der Waals surface area contributed by atoms with Crippen LogP contribution < -0.4 is 10.6 Å². The number of piperazine rings is 1. The number of carbonyl (C=O) groups excluding carboxylic acids is 3. The van der Waals surface area contributed by atoms with Gasteiger partial charge in [-0.05, 0) is 24.6 Å². The minimum Gasteiger partial charge on any atom is -0.466 e. The molecule has 1 atom stereocenters. The molecule has 0 unspecified atom stereocenters. The summed E-state index contributed by atoms with van der Waals surface area (Å²) in [6.07, 6.45) is 1.51. The number of nitrogens with zero attached hydrogens (tertiary/aromatic N) is 1. The largest absolute Gasteiger partial charge is 0.466 e. The van der Waals surface area contributed by atoms with Crippen molar-refractivity contribution in [1.29, 1.82) is 0 Å². The van der Waals surface area contributed by atoms with Gasteiger partial charge in [0, 0.05) is 23.8 Å². The molecule has 1 saturated heterocycles. The van der Waals surface area contributed by atoms with E-state index in [4.69, 9.17) is 16.3 Å². The predicted molar refractivity (Wildman–Crippen MR) is 94.5 cm³/mol. The van der Waals surface area contributed by atoms with Gasteiger partial charge in [0.1, 0.15) is 6.04 Å². The van der Waals surface area contributed by atoms with E-state index in [2.05, 4.69) is 10.6 Å². The van der Waals surface area contributed by atoms with Crippen molar-refractivity contribution in [1.82, 2.24) is 10.2 Å².